The van der Waals surface area contributed by atoms with Crippen LogP contribution in [-0.2, 0) is 37.4 Å². The number of amides is 5. The smallest absolute Gasteiger partial charge is 0.263 e. The lowest BCUT2D eigenvalue weighted by molar-refractivity contribution is -0.125. The van der Waals surface area contributed by atoms with Gasteiger partial charge in [-0.05, 0) is 74.5 Å². The molecule has 1 unspecified atom stereocenters. The lowest BCUT2D eigenvalue weighted by Gasteiger charge is -2.23. The number of nitrogens with zero attached hydrogens (tertiary/aromatic N) is 4. The Hall–Kier alpha value is -6.17. The first-order valence-electron chi connectivity index (χ1n) is 20.2. The summed E-state index contributed by atoms with van der Waals surface area (Å²) in [5, 5.41) is 9.79. The lowest BCUT2D eigenvalue weighted by Crippen LogP contribution is -2.38. The maximum atomic E-state index is 13.3. The van der Waals surface area contributed by atoms with Crippen molar-refractivity contribution >= 4 is 46.5 Å². The summed E-state index contributed by atoms with van der Waals surface area (Å²) in [7, 11) is 7.02. The van der Waals surface area contributed by atoms with Gasteiger partial charge in [0, 0.05) is 74.4 Å². The molecule has 2 saturated carbocycles. The van der Waals surface area contributed by atoms with Gasteiger partial charge in [-0.1, -0.05) is 6.07 Å². The molecule has 0 spiro atoms. The third kappa shape index (κ3) is 8.45. The predicted molar refractivity (Wildman–Crippen MR) is 224 cm³/mol. The molecule has 61 heavy (non-hydrogen) atoms. The van der Waals surface area contributed by atoms with Crippen LogP contribution in [0.4, 0.5) is 5.69 Å². The molecule has 3 aliphatic rings. The van der Waals surface area contributed by atoms with Gasteiger partial charge in [-0.3, -0.25) is 48.9 Å². The van der Waals surface area contributed by atoms with Crippen molar-refractivity contribution in [3.8, 4) is 22.6 Å². The summed E-state index contributed by atoms with van der Waals surface area (Å²) >= 11 is 0. The molecule has 3 N–H and O–H groups in total. The number of pyridine rings is 2. The zero-order valence-corrected chi connectivity index (χ0v) is 35.0. The van der Waals surface area contributed by atoms with Gasteiger partial charge in [0.05, 0.1) is 68.3 Å². The SMILES string of the molecule is COc1cc(-c2cn(C)c(=O)c3cnccc23)cc(OC)c1CN(C)C12CC1(NC(=O)CCOCCOCCNc1cccc3c1C(=O)N(C(C)CCC(=O)NC=O)C3=O)C2. The van der Waals surface area contributed by atoms with Gasteiger partial charge in [-0.15, -0.1) is 0 Å². The molecule has 2 aromatic carbocycles. The van der Waals surface area contributed by atoms with Gasteiger partial charge in [-0.2, -0.15) is 0 Å². The van der Waals surface area contributed by atoms with Crippen LogP contribution in [0.2, 0.25) is 0 Å². The summed E-state index contributed by atoms with van der Waals surface area (Å²) in [5.74, 6) is -0.103. The van der Waals surface area contributed by atoms with Gasteiger partial charge in [0.15, 0.2) is 0 Å². The van der Waals surface area contributed by atoms with E-state index < -0.39 is 23.8 Å². The fraction of sp³-hybridized carbons (Fsp3) is 0.432. The number of rotatable bonds is 22. The van der Waals surface area contributed by atoms with Gasteiger partial charge < -0.3 is 34.1 Å². The number of nitrogens with one attached hydrogen (secondary N) is 3. The van der Waals surface area contributed by atoms with E-state index in [1.165, 1.54) is 0 Å². The number of likely N-dealkylation sites (N-methyl/N-ethyl adjacent to an activating group) is 1. The second-order valence-corrected chi connectivity index (χ2v) is 15.8. The number of hydrogen-bond acceptors (Lipinski definition) is 13. The Balaban J connectivity index is 0.824. The number of hydrogen-bond donors (Lipinski definition) is 3. The molecule has 5 amide bonds. The zero-order chi connectivity index (χ0) is 43.5. The van der Waals surface area contributed by atoms with Gasteiger partial charge in [0.25, 0.3) is 17.4 Å². The number of imide groups is 2. The van der Waals surface area contributed by atoms with Crippen LogP contribution < -0.4 is 31.0 Å². The van der Waals surface area contributed by atoms with Crippen LogP contribution in [-0.4, -0.2) is 121 Å². The van der Waals surface area contributed by atoms with Crippen molar-refractivity contribution in [3.63, 3.8) is 0 Å². The highest BCUT2D eigenvalue weighted by atomic mass is 16.5. The fourth-order valence-corrected chi connectivity index (χ4v) is 8.46. The van der Waals surface area contributed by atoms with Gasteiger partial charge >= 0.3 is 0 Å². The molecule has 3 heterocycles. The zero-order valence-electron chi connectivity index (χ0n) is 35.0. The number of methoxy groups -OCH3 is 2. The molecule has 2 aromatic heterocycles. The van der Waals surface area contributed by atoms with Crippen molar-refractivity contribution in [1.29, 1.82) is 0 Å². The quantitative estimate of drug-likeness (QED) is 0.0594. The van der Waals surface area contributed by atoms with Gasteiger partial charge in [0.2, 0.25) is 18.2 Å². The maximum Gasteiger partial charge on any atom is 0.263 e. The van der Waals surface area contributed by atoms with E-state index in [0.29, 0.717) is 61.9 Å². The highest BCUT2D eigenvalue weighted by Crippen LogP contribution is 2.74. The number of aryl methyl sites for hydroxylation is 1. The average molecular weight is 838 g/mol. The molecule has 2 aliphatic carbocycles. The van der Waals surface area contributed by atoms with Crippen LogP contribution >= 0.6 is 0 Å². The molecule has 17 heteroatoms. The largest absolute Gasteiger partial charge is 0.496 e. The molecular formula is C44H51N7O10. The van der Waals surface area contributed by atoms with Crippen molar-refractivity contribution < 1.29 is 42.9 Å². The molecular weight excluding hydrogens is 787 g/mol. The second kappa shape index (κ2) is 17.8. The molecule has 4 aromatic rings. The molecule has 322 valence electrons. The van der Waals surface area contributed by atoms with Crippen molar-refractivity contribution in [2.75, 3.05) is 59.6 Å². The Kier molecular flexibility index (Phi) is 12.5. The van der Waals surface area contributed by atoms with E-state index in [1.807, 2.05) is 31.4 Å². The van der Waals surface area contributed by atoms with Crippen LogP contribution in [0.5, 0.6) is 11.5 Å². The van der Waals surface area contributed by atoms with E-state index in [4.69, 9.17) is 18.9 Å². The molecule has 1 atom stereocenters. The Bertz CT molecular complexity index is 2400. The predicted octanol–water partition coefficient (Wildman–Crippen LogP) is 3.02. The van der Waals surface area contributed by atoms with Crippen LogP contribution in [0.15, 0.2) is 59.8 Å². The number of ether oxygens (including phenoxy) is 4. The Morgan fingerprint density at radius 2 is 1.66 bits per heavy atom. The number of aromatic nitrogens is 2. The summed E-state index contributed by atoms with van der Waals surface area (Å²) in [4.78, 5) is 81.8. The molecule has 7 rings (SSSR count). The van der Waals surface area contributed by atoms with E-state index in [-0.39, 0.29) is 59.5 Å². The summed E-state index contributed by atoms with van der Waals surface area (Å²) in [5.41, 5.74) is 3.14. The minimum Gasteiger partial charge on any atom is -0.496 e. The standard InChI is InChI=1S/C44H51N7O10/c1-27(9-10-37(53)47-26-52)51-41(56)30-7-6-8-34(39(30)42(51)57)46-14-16-61-18-17-60-15-12-38(54)48-43-24-44(43,25-43)50(3)23-33-35(58-4)19-28(20-36(33)59-5)32-22-49(2)40(55)31-21-45-13-11-29(31)32/h6-8,11,13,19-22,26-27,46H,9-10,12,14-18,23-25H2,1-5H3,(H,48,54)(H,47,52,53). The van der Waals surface area contributed by atoms with Crippen LogP contribution in [0, 0.1) is 0 Å². The number of anilines is 1. The number of benzene rings is 2. The lowest BCUT2D eigenvalue weighted by atomic mass is 9.99. The molecule has 0 saturated heterocycles. The van der Waals surface area contributed by atoms with E-state index in [2.05, 4.69) is 25.8 Å². The number of carbonyl (C=O) groups excluding carboxylic acids is 5. The Labute approximate surface area is 352 Å². The molecule has 0 radical (unpaired) electrons. The summed E-state index contributed by atoms with van der Waals surface area (Å²) in [6.07, 6.45) is 7.50. The van der Waals surface area contributed by atoms with Crippen molar-refractivity contribution in [2.24, 2.45) is 7.05 Å². The highest BCUT2D eigenvalue weighted by Gasteiger charge is 2.85. The van der Waals surface area contributed by atoms with Gasteiger partial charge in [-0.25, -0.2) is 0 Å². The van der Waals surface area contributed by atoms with Crippen molar-refractivity contribution in [2.45, 2.75) is 62.7 Å². The number of carbonyl (C=O) groups is 5. The minimum atomic E-state index is -0.539. The Morgan fingerprint density at radius 3 is 2.36 bits per heavy atom. The molecule has 1 aliphatic heterocycles. The number of fused-ring (bicyclic) bond motifs is 3. The van der Waals surface area contributed by atoms with E-state index in [1.54, 1.807) is 63.4 Å². The molecule has 17 nitrogen and oxygen atoms in total. The first-order chi connectivity index (χ1) is 29.4. The van der Waals surface area contributed by atoms with Crippen molar-refractivity contribution in [1.82, 2.24) is 30.0 Å². The average Bonchev–Trinajstić information content (AvgIpc) is 4.06. The first kappa shape index (κ1) is 42.9. The van der Waals surface area contributed by atoms with E-state index >= 15 is 0 Å². The minimum absolute atomic E-state index is 0.00257. The second-order valence-electron chi connectivity index (χ2n) is 15.8. The third-order valence-corrected chi connectivity index (χ3v) is 12.0. The third-order valence-electron chi connectivity index (χ3n) is 12.0. The maximum absolute atomic E-state index is 13.3. The van der Waals surface area contributed by atoms with Gasteiger partial charge in [0.1, 0.15) is 11.5 Å². The van der Waals surface area contributed by atoms with Crippen molar-refractivity contribution in [3.05, 3.63) is 82.0 Å². The Morgan fingerprint density at radius 1 is 0.934 bits per heavy atom. The van der Waals surface area contributed by atoms with E-state index in [0.717, 1.165) is 39.8 Å². The topological polar surface area (TPSA) is 200 Å². The van der Waals surface area contributed by atoms with E-state index in [9.17, 15) is 28.8 Å². The summed E-state index contributed by atoms with van der Waals surface area (Å²) < 4.78 is 24.7. The van der Waals surface area contributed by atoms with Crippen LogP contribution in [0.3, 0.4) is 0 Å². The highest BCUT2D eigenvalue weighted by molar-refractivity contribution is 6.24. The first-order valence-corrected chi connectivity index (χ1v) is 20.2. The van der Waals surface area contributed by atoms with Crippen LogP contribution in [0.1, 0.15) is 65.3 Å². The normalized spacial score (nSPS) is 19.0. The monoisotopic (exact) mass is 837 g/mol. The fourth-order valence-electron chi connectivity index (χ4n) is 8.46. The van der Waals surface area contributed by atoms with Crippen LogP contribution in [0.25, 0.3) is 21.9 Å². The molecule has 0 bridgehead atoms. The summed E-state index contributed by atoms with van der Waals surface area (Å²) in [6.45, 7) is 3.77. The summed E-state index contributed by atoms with van der Waals surface area (Å²) in [6, 6.07) is 10.2. The molecule has 2 fully saturated rings.